The minimum absolute atomic E-state index is 0.115. The normalized spacial score (nSPS) is 13.9. The Morgan fingerprint density at radius 1 is 1.30 bits per heavy atom. The second-order valence-electron chi connectivity index (χ2n) is 4.78. The third-order valence-corrected chi connectivity index (χ3v) is 3.51. The summed E-state index contributed by atoms with van der Waals surface area (Å²) < 4.78 is 7.09. The van der Waals surface area contributed by atoms with Crippen LogP contribution in [0.1, 0.15) is 11.4 Å². The molecule has 0 spiro atoms. The highest BCUT2D eigenvalue weighted by atomic mass is 16.5. The maximum atomic E-state index is 12.3. The van der Waals surface area contributed by atoms with Gasteiger partial charge in [-0.25, -0.2) is 0 Å². The van der Waals surface area contributed by atoms with Gasteiger partial charge in [0.15, 0.2) is 5.82 Å². The molecular formula is C14H16N4O2. The molecule has 0 saturated heterocycles. The monoisotopic (exact) mass is 272 g/mol. The Morgan fingerprint density at radius 2 is 2.10 bits per heavy atom. The molecule has 0 radical (unpaired) electrons. The first kappa shape index (κ1) is 12.7. The van der Waals surface area contributed by atoms with E-state index < -0.39 is 0 Å². The Balaban J connectivity index is 1.65. The highest BCUT2D eigenvalue weighted by Gasteiger charge is 2.21. The van der Waals surface area contributed by atoms with Crippen molar-refractivity contribution in [2.24, 2.45) is 0 Å². The summed E-state index contributed by atoms with van der Waals surface area (Å²) in [6, 6.07) is 7.58. The standard InChI is InChI=1S/C14H16N4O2/c1-20-12-4-2-11(3-5-12)8-14(19)17-6-7-18-10-15-16-13(18)9-17/h2-5,10H,6-9H2,1H3. The molecule has 1 aromatic heterocycles. The van der Waals surface area contributed by atoms with Crippen LogP contribution in [0.4, 0.5) is 0 Å². The van der Waals surface area contributed by atoms with Crippen molar-refractivity contribution >= 4 is 5.91 Å². The van der Waals surface area contributed by atoms with Crippen molar-refractivity contribution in [3.05, 3.63) is 42.0 Å². The van der Waals surface area contributed by atoms with Crippen LogP contribution in [0.2, 0.25) is 0 Å². The highest BCUT2D eigenvalue weighted by molar-refractivity contribution is 5.78. The molecule has 2 heterocycles. The number of nitrogens with zero attached hydrogens (tertiary/aromatic N) is 4. The number of methoxy groups -OCH3 is 1. The third kappa shape index (κ3) is 2.49. The van der Waals surface area contributed by atoms with E-state index in [1.54, 1.807) is 13.4 Å². The Labute approximate surface area is 117 Å². The van der Waals surface area contributed by atoms with Crippen LogP contribution in [-0.4, -0.2) is 39.2 Å². The molecule has 1 aromatic carbocycles. The van der Waals surface area contributed by atoms with E-state index in [2.05, 4.69) is 10.2 Å². The number of amides is 1. The van der Waals surface area contributed by atoms with E-state index in [4.69, 9.17) is 4.74 Å². The number of rotatable bonds is 3. The summed E-state index contributed by atoms with van der Waals surface area (Å²) in [6.07, 6.45) is 2.11. The van der Waals surface area contributed by atoms with Gasteiger partial charge in [0.05, 0.1) is 20.1 Å². The summed E-state index contributed by atoms with van der Waals surface area (Å²) in [5.41, 5.74) is 0.989. The van der Waals surface area contributed by atoms with Crippen molar-refractivity contribution in [1.29, 1.82) is 0 Å². The summed E-state index contributed by atoms with van der Waals surface area (Å²) in [6.45, 7) is 2.01. The number of hydrogen-bond acceptors (Lipinski definition) is 4. The van der Waals surface area contributed by atoms with Gasteiger partial charge in [-0.05, 0) is 17.7 Å². The fourth-order valence-electron chi connectivity index (χ4n) is 2.31. The Kier molecular flexibility index (Phi) is 3.37. The first-order valence-corrected chi connectivity index (χ1v) is 6.53. The van der Waals surface area contributed by atoms with Gasteiger partial charge < -0.3 is 14.2 Å². The first-order valence-electron chi connectivity index (χ1n) is 6.53. The molecule has 0 aliphatic carbocycles. The maximum absolute atomic E-state index is 12.3. The van der Waals surface area contributed by atoms with Crippen LogP contribution < -0.4 is 4.74 Å². The minimum Gasteiger partial charge on any atom is -0.497 e. The first-order chi connectivity index (χ1) is 9.76. The van der Waals surface area contributed by atoms with E-state index in [0.29, 0.717) is 19.5 Å². The average molecular weight is 272 g/mol. The SMILES string of the molecule is COc1ccc(CC(=O)N2CCn3cnnc3C2)cc1. The van der Waals surface area contributed by atoms with Gasteiger partial charge in [0, 0.05) is 13.1 Å². The number of aromatic nitrogens is 3. The molecule has 0 bridgehead atoms. The van der Waals surface area contributed by atoms with Crippen LogP contribution in [0.15, 0.2) is 30.6 Å². The average Bonchev–Trinajstić information content (AvgIpc) is 2.95. The molecule has 20 heavy (non-hydrogen) atoms. The van der Waals surface area contributed by atoms with Gasteiger partial charge in [-0.15, -0.1) is 10.2 Å². The molecule has 3 rings (SSSR count). The third-order valence-electron chi connectivity index (χ3n) is 3.51. The zero-order valence-electron chi connectivity index (χ0n) is 11.3. The Morgan fingerprint density at radius 3 is 2.85 bits per heavy atom. The Bertz CT molecular complexity index is 606. The molecule has 6 heteroatoms. The van der Waals surface area contributed by atoms with E-state index in [0.717, 1.165) is 23.7 Å². The lowest BCUT2D eigenvalue weighted by atomic mass is 10.1. The van der Waals surface area contributed by atoms with Crippen LogP contribution >= 0.6 is 0 Å². The summed E-state index contributed by atoms with van der Waals surface area (Å²) >= 11 is 0. The quantitative estimate of drug-likeness (QED) is 0.832. The van der Waals surface area contributed by atoms with Crippen LogP contribution in [0.5, 0.6) is 5.75 Å². The zero-order chi connectivity index (χ0) is 13.9. The lowest BCUT2D eigenvalue weighted by Crippen LogP contribution is -2.39. The largest absolute Gasteiger partial charge is 0.497 e. The number of hydrogen-bond donors (Lipinski definition) is 0. The summed E-state index contributed by atoms with van der Waals surface area (Å²) in [5, 5.41) is 7.88. The van der Waals surface area contributed by atoms with Crippen LogP contribution in [-0.2, 0) is 24.3 Å². The van der Waals surface area contributed by atoms with Gasteiger partial charge in [0.1, 0.15) is 12.1 Å². The molecule has 0 atom stereocenters. The summed E-state index contributed by atoms with van der Waals surface area (Å²) in [5.74, 6) is 1.76. The smallest absolute Gasteiger partial charge is 0.227 e. The highest BCUT2D eigenvalue weighted by Crippen LogP contribution is 2.14. The molecule has 0 unspecified atom stereocenters. The predicted octanol–water partition coefficient (Wildman–Crippen LogP) is 0.872. The van der Waals surface area contributed by atoms with Crippen molar-refractivity contribution in [3.8, 4) is 5.75 Å². The minimum atomic E-state index is 0.115. The lowest BCUT2D eigenvalue weighted by molar-refractivity contribution is -0.132. The molecule has 0 saturated carbocycles. The summed E-state index contributed by atoms with van der Waals surface area (Å²) in [4.78, 5) is 14.1. The van der Waals surface area contributed by atoms with E-state index in [-0.39, 0.29) is 5.91 Å². The van der Waals surface area contributed by atoms with Gasteiger partial charge in [-0.3, -0.25) is 4.79 Å². The molecule has 1 aliphatic heterocycles. The lowest BCUT2D eigenvalue weighted by Gasteiger charge is -2.27. The van der Waals surface area contributed by atoms with E-state index >= 15 is 0 Å². The predicted molar refractivity (Wildman–Crippen MR) is 72.1 cm³/mol. The van der Waals surface area contributed by atoms with E-state index in [1.807, 2.05) is 33.7 Å². The number of carbonyl (C=O) groups excluding carboxylic acids is 1. The van der Waals surface area contributed by atoms with Gasteiger partial charge in [-0.1, -0.05) is 12.1 Å². The van der Waals surface area contributed by atoms with Crippen molar-refractivity contribution in [2.45, 2.75) is 19.5 Å². The molecule has 0 N–H and O–H groups in total. The van der Waals surface area contributed by atoms with Gasteiger partial charge >= 0.3 is 0 Å². The molecule has 1 amide bonds. The number of fused-ring (bicyclic) bond motifs is 1. The number of ether oxygens (including phenoxy) is 1. The van der Waals surface area contributed by atoms with Crippen molar-refractivity contribution in [1.82, 2.24) is 19.7 Å². The van der Waals surface area contributed by atoms with Crippen LogP contribution in [0.3, 0.4) is 0 Å². The topological polar surface area (TPSA) is 60.2 Å². The Hall–Kier alpha value is -2.37. The van der Waals surface area contributed by atoms with Gasteiger partial charge in [-0.2, -0.15) is 0 Å². The molecule has 1 aliphatic rings. The van der Waals surface area contributed by atoms with E-state index in [9.17, 15) is 4.79 Å². The molecular weight excluding hydrogens is 256 g/mol. The van der Waals surface area contributed by atoms with Gasteiger partial charge in [0.2, 0.25) is 5.91 Å². The van der Waals surface area contributed by atoms with Crippen LogP contribution in [0.25, 0.3) is 0 Å². The fourth-order valence-corrected chi connectivity index (χ4v) is 2.31. The second kappa shape index (κ2) is 5.32. The molecule has 104 valence electrons. The van der Waals surface area contributed by atoms with Crippen molar-refractivity contribution in [3.63, 3.8) is 0 Å². The van der Waals surface area contributed by atoms with Crippen molar-refractivity contribution < 1.29 is 9.53 Å². The van der Waals surface area contributed by atoms with Crippen LogP contribution in [0, 0.1) is 0 Å². The maximum Gasteiger partial charge on any atom is 0.227 e. The number of carbonyl (C=O) groups is 1. The van der Waals surface area contributed by atoms with E-state index in [1.165, 1.54) is 0 Å². The fraction of sp³-hybridized carbons (Fsp3) is 0.357. The zero-order valence-corrected chi connectivity index (χ0v) is 11.3. The van der Waals surface area contributed by atoms with Crippen molar-refractivity contribution in [2.75, 3.05) is 13.7 Å². The van der Waals surface area contributed by atoms with Gasteiger partial charge in [0.25, 0.3) is 0 Å². The second-order valence-corrected chi connectivity index (χ2v) is 4.78. The molecule has 6 nitrogen and oxygen atoms in total. The summed E-state index contributed by atoms with van der Waals surface area (Å²) in [7, 11) is 1.63. The molecule has 0 fully saturated rings. The number of benzene rings is 1. The molecule has 2 aromatic rings.